The third kappa shape index (κ3) is 2.57. The van der Waals surface area contributed by atoms with Crippen molar-refractivity contribution in [3.8, 4) is 0 Å². The Bertz CT molecular complexity index is 659. The Kier molecular flexibility index (Phi) is 4.01. The molecule has 0 saturated heterocycles. The highest BCUT2D eigenvalue weighted by atomic mass is 32.2. The molecule has 1 aliphatic rings. The minimum atomic E-state index is -0.253. The van der Waals surface area contributed by atoms with E-state index in [-0.39, 0.29) is 5.63 Å². The van der Waals surface area contributed by atoms with Gasteiger partial charge in [0.15, 0.2) is 0 Å². The summed E-state index contributed by atoms with van der Waals surface area (Å²) in [6, 6.07) is 8.08. The quantitative estimate of drug-likeness (QED) is 0.857. The van der Waals surface area contributed by atoms with Crippen LogP contribution in [0.1, 0.15) is 32.1 Å². The average molecular weight is 289 g/mol. The number of fused-ring (bicyclic) bond motifs is 1. The van der Waals surface area contributed by atoms with Crippen LogP contribution in [-0.2, 0) is 0 Å². The lowest BCUT2D eigenvalue weighted by Crippen LogP contribution is -2.23. The van der Waals surface area contributed by atoms with Gasteiger partial charge in [-0.3, -0.25) is 0 Å². The maximum atomic E-state index is 12.1. The number of nitrogens with one attached hydrogen (secondary N) is 1. The summed E-state index contributed by atoms with van der Waals surface area (Å²) in [4.78, 5) is 13.1. The van der Waals surface area contributed by atoms with Crippen LogP contribution in [0.5, 0.6) is 0 Å². The number of thioether (sulfide) groups is 1. The monoisotopic (exact) mass is 289 g/mol. The van der Waals surface area contributed by atoms with Gasteiger partial charge in [0.25, 0.3) is 0 Å². The van der Waals surface area contributed by atoms with Gasteiger partial charge in [0.05, 0.1) is 10.3 Å². The molecule has 1 aromatic carbocycles. The molecule has 1 aromatic heterocycles. The molecule has 3 rings (SSSR count). The number of anilines is 1. The van der Waals surface area contributed by atoms with Gasteiger partial charge in [-0.1, -0.05) is 37.5 Å². The van der Waals surface area contributed by atoms with E-state index in [1.807, 2.05) is 30.5 Å². The van der Waals surface area contributed by atoms with Gasteiger partial charge >= 0.3 is 5.63 Å². The van der Waals surface area contributed by atoms with Crippen molar-refractivity contribution in [3.63, 3.8) is 0 Å². The fourth-order valence-electron chi connectivity index (χ4n) is 2.91. The van der Waals surface area contributed by atoms with Crippen molar-refractivity contribution in [3.05, 3.63) is 34.7 Å². The van der Waals surface area contributed by atoms with Crippen molar-refractivity contribution in [1.29, 1.82) is 0 Å². The van der Waals surface area contributed by atoms with E-state index in [0.29, 0.717) is 17.3 Å². The van der Waals surface area contributed by atoms with Crippen LogP contribution in [0, 0.1) is 0 Å². The van der Waals surface area contributed by atoms with Crippen LogP contribution in [0.4, 0.5) is 5.88 Å². The van der Waals surface area contributed by atoms with Gasteiger partial charge in [0.1, 0.15) is 0 Å². The third-order valence-electron chi connectivity index (χ3n) is 3.94. The lowest BCUT2D eigenvalue weighted by molar-refractivity contribution is 0.441. The second kappa shape index (κ2) is 5.92. The molecule has 0 aliphatic heterocycles. The van der Waals surface area contributed by atoms with Crippen LogP contribution >= 0.6 is 11.8 Å². The molecule has 0 spiro atoms. The molecule has 106 valence electrons. The number of benzene rings is 1. The molecule has 0 amide bonds. The Labute approximate surface area is 122 Å². The minimum absolute atomic E-state index is 0.253. The van der Waals surface area contributed by atoms with E-state index in [4.69, 9.17) is 4.42 Å². The Morgan fingerprint density at radius 2 is 1.85 bits per heavy atom. The molecule has 3 nitrogen and oxygen atoms in total. The zero-order valence-electron chi connectivity index (χ0n) is 11.6. The standard InChI is InChI=1S/C16H19NO2S/c1-20-14-12-9-5-6-10-13(12)16(18)19-15(14)17-11-7-3-2-4-8-11/h5-6,9-11,17H,2-4,7-8H2,1H3. The van der Waals surface area contributed by atoms with E-state index in [1.165, 1.54) is 19.3 Å². The topological polar surface area (TPSA) is 42.2 Å². The van der Waals surface area contributed by atoms with Crippen molar-refractivity contribution >= 4 is 28.4 Å². The first-order chi connectivity index (χ1) is 9.79. The Balaban J connectivity index is 2.03. The average Bonchev–Trinajstić information content (AvgIpc) is 2.49. The maximum absolute atomic E-state index is 12.1. The predicted molar refractivity (Wildman–Crippen MR) is 84.8 cm³/mol. The van der Waals surface area contributed by atoms with Crippen LogP contribution in [-0.4, -0.2) is 12.3 Å². The summed E-state index contributed by atoms with van der Waals surface area (Å²) < 4.78 is 5.53. The zero-order chi connectivity index (χ0) is 13.9. The Morgan fingerprint density at radius 1 is 1.15 bits per heavy atom. The van der Waals surface area contributed by atoms with E-state index in [1.54, 1.807) is 11.8 Å². The molecule has 4 heteroatoms. The minimum Gasteiger partial charge on any atom is -0.405 e. The normalized spacial score (nSPS) is 16.4. The summed E-state index contributed by atoms with van der Waals surface area (Å²) in [7, 11) is 0. The molecule has 1 aliphatic carbocycles. The predicted octanol–water partition coefficient (Wildman–Crippen LogP) is 4.26. The van der Waals surface area contributed by atoms with Crippen LogP contribution in [0.3, 0.4) is 0 Å². The van der Waals surface area contributed by atoms with Gasteiger partial charge in [-0.05, 0) is 25.2 Å². The molecule has 0 bridgehead atoms. The first kappa shape index (κ1) is 13.6. The molecule has 0 atom stereocenters. The Morgan fingerprint density at radius 3 is 2.55 bits per heavy atom. The summed E-state index contributed by atoms with van der Waals surface area (Å²) in [5.41, 5.74) is -0.253. The summed E-state index contributed by atoms with van der Waals surface area (Å²) in [5, 5.41) is 5.09. The van der Waals surface area contributed by atoms with Gasteiger partial charge in [0.2, 0.25) is 5.88 Å². The molecular formula is C16H19NO2S. The second-order valence-electron chi connectivity index (χ2n) is 5.28. The first-order valence-electron chi connectivity index (χ1n) is 7.16. The van der Waals surface area contributed by atoms with Gasteiger partial charge < -0.3 is 9.73 Å². The highest BCUT2D eigenvalue weighted by molar-refractivity contribution is 7.99. The SMILES string of the molecule is CSc1c(NC2CCCCC2)oc(=O)c2ccccc12. The fraction of sp³-hybridized carbons (Fsp3) is 0.438. The van der Waals surface area contributed by atoms with Crippen molar-refractivity contribution in [2.75, 3.05) is 11.6 Å². The molecular weight excluding hydrogens is 270 g/mol. The summed E-state index contributed by atoms with van der Waals surface area (Å²) in [5.74, 6) is 0.646. The van der Waals surface area contributed by atoms with Crippen molar-refractivity contribution < 1.29 is 4.42 Å². The van der Waals surface area contributed by atoms with Crippen molar-refractivity contribution in [2.24, 2.45) is 0 Å². The lowest BCUT2D eigenvalue weighted by Gasteiger charge is -2.24. The largest absolute Gasteiger partial charge is 0.405 e. The van der Waals surface area contributed by atoms with Crippen molar-refractivity contribution in [1.82, 2.24) is 0 Å². The highest BCUT2D eigenvalue weighted by Gasteiger charge is 2.18. The van der Waals surface area contributed by atoms with Gasteiger partial charge in [0, 0.05) is 11.4 Å². The highest BCUT2D eigenvalue weighted by Crippen LogP contribution is 2.33. The fourth-order valence-corrected chi connectivity index (χ4v) is 3.59. The molecule has 2 aromatic rings. The second-order valence-corrected chi connectivity index (χ2v) is 6.09. The van der Waals surface area contributed by atoms with E-state index in [2.05, 4.69) is 5.32 Å². The molecule has 1 heterocycles. The van der Waals surface area contributed by atoms with Crippen LogP contribution in [0.25, 0.3) is 10.8 Å². The third-order valence-corrected chi connectivity index (χ3v) is 4.75. The Hall–Kier alpha value is -1.42. The lowest BCUT2D eigenvalue weighted by atomic mass is 9.95. The molecule has 0 unspecified atom stereocenters. The summed E-state index contributed by atoms with van der Waals surface area (Å²) in [6.07, 6.45) is 8.16. The van der Waals surface area contributed by atoms with E-state index in [9.17, 15) is 4.79 Å². The summed E-state index contributed by atoms with van der Waals surface area (Å²) >= 11 is 1.63. The van der Waals surface area contributed by atoms with E-state index >= 15 is 0 Å². The van der Waals surface area contributed by atoms with Gasteiger partial charge in [-0.25, -0.2) is 4.79 Å². The molecule has 1 N–H and O–H groups in total. The van der Waals surface area contributed by atoms with Crippen LogP contribution < -0.4 is 10.9 Å². The molecule has 1 fully saturated rings. The maximum Gasteiger partial charge on any atom is 0.345 e. The molecule has 1 saturated carbocycles. The van der Waals surface area contributed by atoms with Gasteiger partial charge in [-0.2, -0.15) is 0 Å². The first-order valence-corrected chi connectivity index (χ1v) is 8.38. The summed E-state index contributed by atoms with van der Waals surface area (Å²) in [6.45, 7) is 0. The smallest absolute Gasteiger partial charge is 0.345 e. The zero-order valence-corrected chi connectivity index (χ0v) is 12.5. The van der Waals surface area contributed by atoms with Crippen LogP contribution in [0.15, 0.2) is 38.4 Å². The number of hydrogen-bond donors (Lipinski definition) is 1. The van der Waals surface area contributed by atoms with Crippen molar-refractivity contribution in [2.45, 2.75) is 43.0 Å². The number of rotatable bonds is 3. The van der Waals surface area contributed by atoms with Gasteiger partial charge in [-0.15, -0.1) is 11.8 Å². The van der Waals surface area contributed by atoms with E-state index in [0.717, 1.165) is 23.1 Å². The molecule has 20 heavy (non-hydrogen) atoms. The number of hydrogen-bond acceptors (Lipinski definition) is 4. The van der Waals surface area contributed by atoms with Crippen LogP contribution in [0.2, 0.25) is 0 Å². The molecule has 0 radical (unpaired) electrons. The van der Waals surface area contributed by atoms with E-state index < -0.39 is 0 Å².